The largest absolute Gasteiger partial charge is 0.511 e. The molecule has 2 heterocycles. The van der Waals surface area contributed by atoms with Crippen LogP contribution in [0.3, 0.4) is 0 Å². The van der Waals surface area contributed by atoms with E-state index in [1.165, 1.54) is 29.9 Å². The zero-order valence-electron chi connectivity index (χ0n) is 18.2. The van der Waals surface area contributed by atoms with Crippen LogP contribution in [-0.2, 0) is 31.2 Å². The highest BCUT2D eigenvalue weighted by Gasteiger charge is 2.28. The number of nitrogens with zero attached hydrogens (tertiary/aromatic N) is 3. The maximum atomic E-state index is 13.4. The number of carbonyl (C=O) groups is 2. The summed E-state index contributed by atoms with van der Waals surface area (Å²) in [4.78, 5) is 29.8. The van der Waals surface area contributed by atoms with Gasteiger partial charge in [0.25, 0.3) is 0 Å². The van der Waals surface area contributed by atoms with Crippen molar-refractivity contribution in [3.63, 3.8) is 0 Å². The molecule has 2 aromatic rings. The highest BCUT2D eigenvalue weighted by molar-refractivity contribution is 7.90. The molecule has 3 rings (SSSR count). The van der Waals surface area contributed by atoms with Crippen molar-refractivity contribution in [3.8, 4) is 5.88 Å². The van der Waals surface area contributed by atoms with Crippen LogP contribution in [0.25, 0.3) is 0 Å². The number of hydrogen-bond donors (Lipinski definition) is 0. The van der Waals surface area contributed by atoms with E-state index in [-0.39, 0.29) is 21.9 Å². The van der Waals surface area contributed by atoms with Crippen LogP contribution >= 0.6 is 0 Å². The predicted octanol–water partition coefficient (Wildman–Crippen LogP) is 2.00. The Hall–Kier alpha value is -3.41. The number of sulfone groups is 1. The van der Waals surface area contributed by atoms with Gasteiger partial charge in [-0.2, -0.15) is 5.10 Å². The van der Waals surface area contributed by atoms with Crippen LogP contribution in [0.15, 0.2) is 28.4 Å². The number of hydrogen-bond acceptors (Lipinski definition) is 10. The van der Waals surface area contributed by atoms with Crippen LogP contribution in [0.1, 0.15) is 40.4 Å². The maximum absolute atomic E-state index is 13.4. The van der Waals surface area contributed by atoms with Crippen LogP contribution in [0.4, 0.5) is 4.79 Å². The van der Waals surface area contributed by atoms with Crippen LogP contribution in [-0.4, -0.2) is 62.1 Å². The fourth-order valence-corrected chi connectivity index (χ4v) is 4.27. The van der Waals surface area contributed by atoms with E-state index in [1.807, 2.05) is 0 Å². The summed E-state index contributed by atoms with van der Waals surface area (Å²) in [5.41, 5.74) is 1.61. The lowest BCUT2D eigenvalue weighted by Crippen LogP contribution is -2.23. The second-order valence-corrected chi connectivity index (χ2v) is 9.06. The number of benzene rings is 1. The van der Waals surface area contributed by atoms with Crippen molar-refractivity contribution < 1.29 is 37.1 Å². The number of aromatic nitrogens is 2. The van der Waals surface area contributed by atoms with E-state index in [1.54, 1.807) is 14.0 Å². The van der Waals surface area contributed by atoms with E-state index < -0.39 is 28.1 Å². The lowest BCUT2D eigenvalue weighted by Gasteiger charge is -2.17. The summed E-state index contributed by atoms with van der Waals surface area (Å²) in [6, 6.07) is 2.82. The molecule has 0 amide bonds. The SMILES string of the molecule is COC(=O)OC(C)Oc1c(C(=O)c2ccc(S(C)(=O)=O)c(C3=NOCC3)c2C)cnn1C. The van der Waals surface area contributed by atoms with Gasteiger partial charge in [0.1, 0.15) is 12.2 Å². The number of ether oxygens (including phenoxy) is 3. The Morgan fingerprint density at radius 3 is 2.56 bits per heavy atom. The molecule has 32 heavy (non-hydrogen) atoms. The first-order valence-corrected chi connectivity index (χ1v) is 11.4. The lowest BCUT2D eigenvalue weighted by molar-refractivity contribution is -0.0510. The van der Waals surface area contributed by atoms with Gasteiger partial charge < -0.3 is 19.0 Å². The third kappa shape index (κ3) is 4.59. The van der Waals surface area contributed by atoms with Crippen molar-refractivity contribution in [1.82, 2.24) is 9.78 Å². The zero-order valence-corrected chi connectivity index (χ0v) is 19.1. The molecule has 0 fully saturated rings. The Kier molecular flexibility index (Phi) is 6.53. The average Bonchev–Trinajstić information content (AvgIpc) is 3.37. The first kappa shape index (κ1) is 23.3. The quantitative estimate of drug-likeness (QED) is 0.342. The molecule has 11 nitrogen and oxygen atoms in total. The van der Waals surface area contributed by atoms with Gasteiger partial charge in [-0.25, -0.2) is 17.9 Å². The summed E-state index contributed by atoms with van der Waals surface area (Å²) in [5, 5.41) is 8.01. The van der Waals surface area contributed by atoms with E-state index in [0.29, 0.717) is 29.9 Å². The molecule has 1 aliphatic heterocycles. The fraction of sp³-hybridized carbons (Fsp3) is 0.400. The smallest absolute Gasteiger partial charge is 0.438 e. The normalized spacial score (nSPS) is 14.3. The van der Waals surface area contributed by atoms with E-state index in [0.717, 1.165) is 13.4 Å². The first-order chi connectivity index (χ1) is 15.0. The van der Waals surface area contributed by atoms with Gasteiger partial charge in [-0.1, -0.05) is 5.16 Å². The second-order valence-electron chi connectivity index (χ2n) is 7.08. The number of carbonyl (C=O) groups excluding carboxylic acids is 2. The van der Waals surface area contributed by atoms with E-state index in [4.69, 9.17) is 14.3 Å². The van der Waals surface area contributed by atoms with Crippen LogP contribution < -0.4 is 4.74 Å². The minimum absolute atomic E-state index is 0.0681. The van der Waals surface area contributed by atoms with Gasteiger partial charge >= 0.3 is 6.16 Å². The molecule has 0 saturated heterocycles. The molecule has 0 radical (unpaired) electrons. The Morgan fingerprint density at radius 1 is 1.25 bits per heavy atom. The summed E-state index contributed by atoms with van der Waals surface area (Å²) in [6.07, 6.45) is 0.842. The van der Waals surface area contributed by atoms with Gasteiger partial charge in [0.15, 0.2) is 15.6 Å². The van der Waals surface area contributed by atoms with Crippen LogP contribution in [0, 0.1) is 6.92 Å². The van der Waals surface area contributed by atoms with Crippen molar-refractivity contribution in [2.45, 2.75) is 31.5 Å². The average molecular weight is 465 g/mol. The van der Waals surface area contributed by atoms with E-state index in [9.17, 15) is 18.0 Å². The Balaban J connectivity index is 2.04. The molecule has 0 bridgehead atoms. The monoisotopic (exact) mass is 465 g/mol. The van der Waals surface area contributed by atoms with Gasteiger partial charge in [0.2, 0.25) is 12.2 Å². The topological polar surface area (TPSA) is 135 Å². The van der Waals surface area contributed by atoms with Gasteiger partial charge in [-0.3, -0.25) is 4.79 Å². The molecular weight excluding hydrogens is 442 g/mol. The minimum atomic E-state index is -3.58. The summed E-state index contributed by atoms with van der Waals surface area (Å²) < 4.78 is 40.9. The summed E-state index contributed by atoms with van der Waals surface area (Å²) in [6.45, 7) is 3.44. The van der Waals surface area contributed by atoms with Crippen LogP contribution in [0.5, 0.6) is 5.88 Å². The number of oxime groups is 1. The zero-order chi connectivity index (χ0) is 23.6. The van der Waals surface area contributed by atoms with E-state index in [2.05, 4.69) is 15.0 Å². The summed E-state index contributed by atoms with van der Waals surface area (Å²) in [7, 11) is -0.861. The number of rotatable bonds is 7. The van der Waals surface area contributed by atoms with Gasteiger partial charge in [0.05, 0.1) is 23.9 Å². The Bertz CT molecular complexity index is 1200. The maximum Gasteiger partial charge on any atom is 0.511 e. The standard InChI is InChI=1S/C20H23N3O8S/c1-11-13(6-7-16(32(5,26)27)17(11)15-8-9-29-22-15)18(24)14-10-21-23(3)19(14)30-12(2)31-20(25)28-4/h6-7,10,12H,8-9H2,1-5H3. The molecule has 12 heteroatoms. The molecule has 1 unspecified atom stereocenters. The Labute approximate surface area is 184 Å². The molecule has 1 aromatic carbocycles. The number of methoxy groups -OCH3 is 1. The Morgan fingerprint density at radius 2 is 1.97 bits per heavy atom. The highest BCUT2D eigenvalue weighted by atomic mass is 32.2. The summed E-state index contributed by atoms with van der Waals surface area (Å²) in [5.74, 6) is -0.377. The van der Waals surface area contributed by atoms with Crippen molar-refractivity contribution >= 4 is 27.5 Å². The lowest BCUT2D eigenvalue weighted by atomic mass is 9.93. The molecule has 0 N–H and O–H groups in total. The number of aryl methyl sites for hydroxylation is 1. The van der Waals surface area contributed by atoms with Gasteiger partial charge in [0, 0.05) is 37.8 Å². The molecule has 1 atom stereocenters. The van der Waals surface area contributed by atoms with Crippen molar-refractivity contribution in [1.29, 1.82) is 0 Å². The van der Waals surface area contributed by atoms with Gasteiger partial charge in [-0.05, 0) is 24.6 Å². The van der Waals surface area contributed by atoms with Crippen molar-refractivity contribution in [2.75, 3.05) is 20.0 Å². The molecule has 0 saturated carbocycles. The number of ketones is 1. The molecule has 0 aliphatic carbocycles. The van der Waals surface area contributed by atoms with Crippen LogP contribution in [0.2, 0.25) is 0 Å². The predicted molar refractivity (Wildman–Crippen MR) is 112 cm³/mol. The minimum Gasteiger partial charge on any atom is -0.438 e. The fourth-order valence-electron chi connectivity index (χ4n) is 3.31. The molecular formula is C20H23N3O8S. The van der Waals surface area contributed by atoms with Gasteiger partial charge in [-0.15, -0.1) is 0 Å². The summed E-state index contributed by atoms with van der Waals surface area (Å²) >= 11 is 0. The van der Waals surface area contributed by atoms with Crippen molar-refractivity contribution in [3.05, 3.63) is 40.6 Å². The molecule has 0 spiro atoms. The van der Waals surface area contributed by atoms with Crippen molar-refractivity contribution in [2.24, 2.45) is 12.2 Å². The highest BCUT2D eigenvalue weighted by Crippen LogP contribution is 2.30. The van der Waals surface area contributed by atoms with E-state index >= 15 is 0 Å². The molecule has 172 valence electrons. The first-order valence-electron chi connectivity index (χ1n) is 9.55. The molecule has 1 aromatic heterocycles. The third-order valence-corrected chi connectivity index (χ3v) is 5.94. The second kappa shape index (κ2) is 8.99. The molecule has 1 aliphatic rings. The third-order valence-electron chi connectivity index (χ3n) is 4.80.